The summed E-state index contributed by atoms with van der Waals surface area (Å²) in [6, 6.07) is 12.9. The standard InChI is InChI=1S/C19H20BrN3O3/c1-19(2,3)12-23-14-9-10-15(17(20)18(14)21-22-23)25-26-16(24)11-13-7-5-4-6-8-13/h4-10H,11-12H2,1-3H3. The second-order valence-electron chi connectivity index (χ2n) is 7.25. The van der Waals surface area contributed by atoms with Gasteiger partial charge in [0.1, 0.15) is 5.52 Å². The number of hydrogen-bond acceptors (Lipinski definition) is 5. The second-order valence-corrected chi connectivity index (χ2v) is 8.05. The Balaban J connectivity index is 1.71. The topological polar surface area (TPSA) is 66.2 Å². The fourth-order valence-corrected chi connectivity index (χ4v) is 2.98. The zero-order chi connectivity index (χ0) is 18.7. The van der Waals surface area contributed by atoms with E-state index in [1.165, 1.54) is 0 Å². The van der Waals surface area contributed by atoms with E-state index in [1.807, 2.05) is 41.1 Å². The summed E-state index contributed by atoms with van der Waals surface area (Å²) in [4.78, 5) is 22.1. The molecule has 0 saturated heterocycles. The van der Waals surface area contributed by atoms with Crippen molar-refractivity contribution in [1.82, 2.24) is 15.0 Å². The summed E-state index contributed by atoms with van der Waals surface area (Å²) >= 11 is 3.46. The van der Waals surface area contributed by atoms with Crippen molar-refractivity contribution in [2.24, 2.45) is 5.41 Å². The first-order valence-corrected chi connectivity index (χ1v) is 9.06. The zero-order valence-electron chi connectivity index (χ0n) is 14.9. The largest absolute Gasteiger partial charge is 0.359 e. The van der Waals surface area contributed by atoms with Gasteiger partial charge in [0, 0.05) is 6.54 Å². The molecule has 3 aromatic rings. The van der Waals surface area contributed by atoms with E-state index >= 15 is 0 Å². The highest BCUT2D eigenvalue weighted by atomic mass is 79.9. The number of aromatic nitrogens is 3. The lowest BCUT2D eigenvalue weighted by Crippen LogP contribution is -2.16. The van der Waals surface area contributed by atoms with Gasteiger partial charge in [-0.3, -0.25) is 9.78 Å². The Hall–Kier alpha value is -2.41. The van der Waals surface area contributed by atoms with Gasteiger partial charge in [0.05, 0.1) is 16.4 Å². The molecular formula is C19H20BrN3O3. The van der Waals surface area contributed by atoms with Crippen molar-refractivity contribution in [2.45, 2.75) is 33.7 Å². The normalized spacial score (nSPS) is 11.5. The van der Waals surface area contributed by atoms with Crippen molar-refractivity contribution in [3.05, 3.63) is 52.5 Å². The van der Waals surface area contributed by atoms with E-state index in [1.54, 1.807) is 6.07 Å². The van der Waals surface area contributed by atoms with Crippen molar-refractivity contribution >= 4 is 32.9 Å². The third-order valence-corrected chi connectivity index (χ3v) is 4.40. The van der Waals surface area contributed by atoms with E-state index in [0.29, 0.717) is 15.7 Å². The SMILES string of the molecule is CC(C)(C)Cn1nnc2c(Br)c(OOC(=O)Cc3ccccc3)ccc21. The molecule has 2 aromatic carbocycles. The summed E-state index contributed by atoms with van der Waals surface area (Å²) in [5.41, 5.74) is 2.48. The molecule has 0 unspecified atom stereocenters. The molecule has 0 atom stereocenters. The highest BCUT2D eigenvalue weighted by molar-refractivity contribution is 9.10. The van der Waals surface area contributed by atoms with Gasteiger partial charge in [0.15, 0.2) is 5.75 Å². The quantitative estimate of drug-likeness (QED) is 0.456. The highest BCUT2D eigenvalue weighted by Crippen LogP contribution is 2.32. The minimum Gasteiger partial charge on any atom is -0.286 e. The molecule has 0 aliphatic carbocycles. The lowest BCUT2D eigenvalue weighted by molar-refractivity contribution is -0.213. The molecule has 6 nitrogen and oxygen atoms in total. The first-order valence-electron chi connectivity index (χ1n) is 8.26. The van der Waals surface area contributed by atoms with Gasteiger partial charge in [-0.2, -0.15) is 0 Å². The van der Waals surface area contributed by atoms with Crippen molar-refractivity contribution in [2.75, 3.05) is 0 Å². The molecule has 0 amide bonds. The summed E-state index contributed by atoms with van der Waals surface area (Å²) in [7, 11) is 0. The van der Waals surface area contributed by atoms with Crippen LogP contribution in [0.4, 0.5) is 0 Å². The van der Waals surface area contributed by atoms with Gasteiger partial charge in [-0.15, -0.1) is 5.10 Å². The van der Waals surface area contributed by atoms with Crippen molar-refractivity contribution < 1.29 is 14.6 Å². The summed E-state index contributed by atoms with van der Waals surface area (Å²) in [5, 5.41) is 8.41. The van der Waals surface area contributed by atoms with E-state index in [-0.39, 0.29) is 11.8 Å². The van der Waals surface area contributed by atoms with E-state index in [2.05, 4.69) is 47.0 Å². The number of nitrogens with zero attached hydrogens (tertiary/aromatic N) is 3. The van der Waals surface area contributed by atoms with Gasteiger partial charge in [-0.1, -0.05) is 56.3 Å². The maximum atomic E-state index is 11.9. The van der Waals surface area contributed by atoms with Gasteiger partial charge in [-0.25, -0.2) is 9.48 Å². The summed E-state index contributed by atoms with van der Waals surface area (Å²) in [6.07, 6.45) is 0.141. The molecular weight excluding hydrogens is 398 g/mol. The molecule has 0 N–H and O–H groups in total. The predicted octanol–water partition coefficient (Wildman–Crippen LogP) is 4.32. The monoisotopic (exact) mass is 417 g/mol. The molecule has 136 valence electrons. The van der Waals surface area contributed by atoms with Crippen LogP contribution in [-0.2, 0) is 22.6 Å². The van der Waals surface area contributed by atoms with Crippen LogP contribution in [0.3, 0.4) is 0 Å². The molecule has 0 radical (unpaired) electrons. The molecule has 0 saturated carbocycles. The Bertz CT molecular complexity index is 917. The highest BCUT2D eigenvalue weighted by Gasteiger charge is 2.18. The van der Waals surface area contributed by atoms with Crippen LogP contribution in [0.25, 0.3) is 11.0 Å². The molecule has 0 spiro atoms. The van der Waals surface area contributed by atoms with E-state index in [0.717, 1.165) is 17.6 Å². The van der Waals surface area contributed by atoms with Crippen LogP contribution in [0, 0.1) is 5.41 Å². The molecule has 26 heavy (non-hydrogen) atoms. The first-order chi connectivity index (χ1) is 12.3. The van der Waals surface area contributed by atoms with Crippen LogP contribution in [0.15, 0.2) is 46.9 Å². The lowest BCUT2D eigenvalue weighted by Gasteiger charge is -2.17. The first kappa shape index (κ1) is 18.4. The summed E-state index contributed by atoms with van der Waals surface area (Å²) in [6.45, 7) is 7.15. The maximum absolute atomic E-state index is 11.9. The molecule has 7 heteroatoms. The number of halogens is 1. The minimum absolute atomic E-state index is 0.0786. The number of benzene rings is 2. The van der Waals surface area contributed by atoms with Gasteiger partial charge >= 0.3 is 5.97 Å². The van der Waals surface area contributed by atoms with Crippen LogP contribution in [0.1, 0.15) is 26.3 Å². The molecule has 0 fully saturated rings. The molecule has 0 bridgehead atoms. The Kier molecular flexibility index (Phi) is 5.27. The number of hydrogen-bond donors (Lipinski definition) is 0. The number of fused-ring (bicyclic) bond motifs is 1. The minimum atomic E-state index is -0.473. The molecule has 1 heterocycles. The third-order valence-electron chi connectivity index (χ3n) is 3.63. The van der Waals surface area contributed by atoms with Crippen LogP contribution >= 0.6 is 15.9 Å². The van der Waals surface area contributed by atoms with Gasteiger partial charge < -0.3 is 0 Å². The smallest absolute Gasteiger partial charge is 0.286 e. The van der Waals surface area contributed by atoms with Gasteiger partial charge in [0.2, 0.25) is 0 Å². The second kappa shape index (κ2) is 7.45. The summed E-state index contributed by atoms with van der Waals surface area (Å²) < 4.78 is 2.45. The van der Waals surface area contributed by atoms with Crippen LogP contribution in [-0.4, -0.2) is 21.0 Å². The Morgan fingerprint density at radius 3 is 2.58 bits per heavy atom. The lowest BCUT2D eigenvalue weighted by atomic mass is 9.97. The van der Waals surface area contributed by atoms with E-state index in [4.69, 9.17) is 9.78 Å². The Labute approximate surface area is 160 Å². The molecule has 1 aromatic heterocycles. The number of carbonyl (C=O) groups is 1. The van der Waals surface area contributed by atoms with E-state index in [9.17, 15) is 4.79 Å². The van der Waals surface area contributed by atoms with Gasteiger partial charge in [0.25, 0.3) is 0 Å². The maximum Gasteiger partial charge on any atom is 0.359 e. The average Bonchev–Trinajstić information content (AvgIpc) is 2.97. The van der Waals surface area contributed by atoms with Crippen molar-refractivity contribution in [1.29, 1.82) is 0 Å². The van der Waals surface area contributed by atoms with Crippen LogP contribution in [0.5, 0.6) is 5.75 Å². The molecule has 0 aliphatic heterocycles. The van der Waals surface area contributed by atoms with Crippen molar-refractivity contribution in [3.63, 3.8) is 0 Å². The number of rotatable bonds is 5. The van der Waals surface area contributed by atoms with E-state index < -0.39 is 5.97 Å². The van der Waals surface area contributed by atoms with Crippen molar-refractivity contribution in [3.8, 4) is 5.75 Å². The fourth-order valence-electron chi connectivity index (χ4n) is 2.50. The van der Waals surface area contributed by atoms with Crippen LogP contribution < -0.4 is 4.89 Å². The van der Waals surface area contributed by atoms with Crippen LogP contribution in [0.2, 0.25) is 0 Å². The third kappa shape index (κ3) is 4.40. The fraction of sp³-hybridized carbons (Fsp3) is 0.316. The molecule has 0 aliphatic rings. The molecule has 3 rings (SSSR count). The Morgan fingerprint density at radius 2 is 1.88 bits per heavy atom. The van der Waals surface area contributed by atoms with Gasteiger partial charge in [-0.05, 0) is 39.0 Å². The summed E-state index contributed by atoms with van der Waals surface area (Å²) in [5.74, 6) is -0.0960. The average molecular weight is 418 g/mol. The predicted molar refractivity (Wildman–Crippen MR) is 102 cm³/mol. The number of carbonyl (C=O) groups excluding carboxylic acids is 1. The zero-order valence-corrected chi connectivity index (χ0v) is 16.5. The Morgan fingerprint density at radius 1 is 1.15 bits per heavy atom.